The van der Waals surface area contributed by atoms with Crippen molar-refractivity contribution >= 4 is 0 Å². The van der Waals surface area contributed by atoms with Crippen molar-refractivity contribution in [1.29, 1.82) is 5.26 Å². The lowest BCUT2D eigenvalue weighted by Gasteiger charge is -1.99. The van der Waals surface area contributed by atoms with Crippen molar-refractivity contribution in [2.24, 2.45) is 0 Å². The number of aromatic nitrogens is 2. The fourth-order valence-corrected chi connectivity index (χ4v) is 0.783. The molecule has 0 fully saturated rings. The highest BCUT2D eigenvalue weighted by Crippen LogP contribution is 1.88. The SMILES string of the molecule is N#CCCNCc1ccncn1. The van der Waals surface area contributed by atoms with Crippen molar-refractivity contribution in [3.8, 4) is 6.07 Å². The third-order valence-electron chi connectivity index (χ3n) is 1.36. The molecule has 0 amide bonds. The van der Waals surface area contributed by atoms with Crippen LogP contribution in [0, 0.1) is 11.3 Å². The second-order valence-electron chi connectivity index (χ2n) is 2.29. The molecule has 62 valence electrons. The minimum absolute atomic E-state index is 0.533. The summed E-state index contributed by atoms with van der Waals surface area (Å²) in [6, 6.07) is 3.91. The standard InChI is InChI=1S/C8H10N4/c9-3-1-4-10-6-8-2-5-11-7-12-8/h2,5,7,10H,1,4,6H2. The van der Waals surface area contributed by atoms with Crippen molar-refractivity contribution in [3.63, 3.8) is 0 Å². The van der Waals surface area contributed by atoms with E-state index in [1.54, 1.807) is 6.20 Å². The van der Waals surface area contributed by atoms with E-state index in [0.29, 0.717) is 19.5 Å². The Morgan fingerprint density at radius 2 is 2.50 bits per heavy atom. The number of nitriles is 1. The number of nitrogens with one attached hydrogen (secondary N) is 1. The average Bonchev–Trinajstić information content (AvgIpc) is 2.14. The van der Waals surface area contributed by atoms with Crippen LogP contribution in [-0.4, -0.2) is 16.5 Å². The van der Waals surface area contributed by atoms with Gasteiger partial charge in [-0.15, -0.1) is 0 Å². The monoisotopic (exact) mass is 162 g/mol. The van der Waals surface area contributed by atoms with Gasteiger partial charge in [0.15, 0.2) is 0 Å². The summed E-state index contributed by atoms with van der Waals surface area (Å²) in [6.07, 6.45) is 3.75. The van der Waals surface area contributed by atoms with Gasteiger partial charge in [0.05, 0.1) is 11.8 Å². The van der Waals surface area contributed by atoms with Gasteiger partial charge < -0.3 is 5.32 Å². The van der Waals surface area contributed by atoms with Crippen molar-refractivity contribution < 1.29 is 0 Å². The molecule has 1 aromatic rings. The Kier molecular flexibility index (Phi) is 3.75. The van der Waals surface area contributed by atoms with Gasteiger partial charge in [0.2, 0.25) is 0 Å². The summed E-state index contributed by atoms with van der Waals surface area (Å²) in [6.45, 7) is 1.41. The summed E-state index contributed by atoms with van der Waals surface area (Å²) < 4.78 is 0. The van der Waals surface area contributed by atoms with E-state index >= 15 is 0 Å². The molecule has 0 bridgehead atoms. The van der Waals surface area contributed by atoms with Crippen LogP contribution >= 0.6 is 0 Å². The van der Waals surface area contributed by atoms with Gasteiger partial charge in [-0.1, -0.05) is 0 Å². The Morgan fingerprint density at radius 1 is 1.58 bits per heavy atom. The van der Waals surface area contributed by atoms with Gasteiger partial charge in [0.25, 0.3) is 0 Å². The first-order chi connectivity index (χ1) is 5.93. The third kappa shape index (κ3) is 3.08. The molecule has 0 saturated carbocycles. The van der Waals surface area contributed by atoms with Gasteiger partial charge in [-0.25, -0.2) is 9.97 Å². The van der Waals surface area contributed by atoms with E-state index in [-0.39, 0.29) is 0 Å². The van der Waals surface area contributed by atoms with Crippen molar-refractivity contribution in [3.05, 3.63) is 24.3 Å². The van der Waals surface area contributed by atoms with E-state index in [2.05, 4.69) is 21.4 Å². The molecule has 0 aliphatic rings. The molecule has 4 nitrogen and oxygen atoms in total. The Labute approximate surface area is 71.3 Å². The van der Waals surface area contributed by atoms with Crippen LogP contribution in [0.15, 0.2) is 18.6 Å². The summed E-state index contributed by atoms with van der Waals surface area (Å²) in [4.78, 5) is 7.82. The number of nitrogens with zero attached hydrogens (tertiary/aromatic N) is 3. The highest BCUT2D eigenvalue weighted by molar-refractivity contribution is 4.96. The normalized spacial score (nSPS) is 9.25. The van der Waals surface area contributed by atoms with Crippen LogP contribution < -0.4 is 5.32 Å². The minimum atomic E-state index is 0.533. The van der Waals surface area contributed by atoms with Crippen LogP contribution in [0.3, 0.4) is 0 Å². The molecule has 4 heteroatoms. The van der Waals surface area contributed by atoms with Crippen molar-refractivity contribution in [2.45, 2.75) is 13.0 Å². The van der Waals surface area contributed by atoms with Crippen LogP contribution in [0.25, 0.3) is 0 Å². The average molecular weight is 162 g/mol. The highest BCUT2D eigenvalue weighted by atomic mass is 14.9. The van der Waals surface area contributed by atoms with Crippen LogP contribution in [0.1, 0.15) is 12.1 Å². The molecule has 0 radical (unpaired) electrons. The van der Waals surface area contributed by atoms with Gasteiger partial charge in [-0.2, -0.15) is 5.26 Å². The largest absolute Gasteiger partial charge is 0.310 e. The molecule has 0 saturated heterocycles. The van der Waals surface area contributed by atoms with Gasteiger partial charge >= 0.3 is 0 Å². The maximum absolute atomic E-state index is 8.25. The fraction of sp³-hybridized carbons (Fsp3) is 0.375. The van der Waals surface area contributed by atoms with E-state index in [1.165, 1.54) is 6.33 Å². The molecule has 0 aliphatic heterocycles. The highest BCUT2D eigenvalue weighted by Gasteiger charge is 1.90. The topological polar surface area (TPSA) is 61.6 Å². The zero-order valence-corrected chi connectivity index (χ0v) is 6.70. The van der Waals surface area contributed by atoms with Crippen LogP contribution in [0.4, 0.5) is 0 Å². The molecular weight excluding hydrogens is 152 g/mol. The van der Waals surface area contributed by atoms with Crippen LogP contribution in [-0.2, 0) is 6.54 Å². The predicted octanol–water partition coefficient (Wildman–Crippen LogP) is 0.480. The van der Waals surface area contributed by atoms with Gasteiger partial charge in [0.1, 0.15) is 6.33 Å². The van der Waals surface area contributed by atoms with Crippen molar-refractivity contribution in [1.82, 2.24) is 15.3 Å². The fourth-order valence-electron chi connectivity index (χ4n) is 0.783. The van der Waals surface area contributed by atoms with E-state index in [0.717, 1.165) is 5.69 Å². The molecule has 1 heterocycles. The lowest BCUT2D eigenvalue weighted by molar-refractivity contribution is 0.684. The van der Waals surface area contributed by atoms with E-state index in [9.17, 15) is 0 Å². The molecule has 0 atom stereocenters. The number of hydrogen-bond acceptors (Lipinski definition) is 4. The molecule has 0 aromatic carbocycles. The maximum atomic E-state index is 8.25. The van der Waals surface area contributed by atoms with Gasteiger partial charge in [-0.05, 0) is 6.07 Å². The number of hydrogen-bond donors (Lipinski definition) is 1. The van der Waals surface area contributed by atoms with Crippen LogP contribution in [0.2, 0.25) is 0 Å². The molecule has 1 N–H and O–H groups in total. The predicted molar refractivity (Wildman–Crippen MR) is 44.0 cm³/mol. The second-order valence-corrected chi connectivity index (χ2v) is 2.29. The molecule has 12 heavy (non-hydrogen) atoms. The first-order valence-electron chi connectivity index (χ1n) is 3.76. The summed E-state index contributed by atoms with van der Waals surface area (Å²) in [7, 11) is 0. The Bertz CT molecular complexity index is 252. The summed E-state index contributed by atoms with van der Waals surface area (Å²) in [5.41, 5.74) is 0.947. The molecule has 1 aromatic heterocycles. The second kappa shape index (κ2) is 5.22. The molecule has 0 spiro atoms. The summed E-state index contributed by atoms with van der Waals surface area (Å²) in [5.74, 6) is 0. The summed E-state index contributed by atoms with van der Waals surface area (Å²) >= 11 is 0. The van der Waals surface area contributed by atoms with E-state index in [1.807, 2.05) is 6.07 Å². The molecule has 0 unspecified atom stereocenters. The lowest BCUT2D eigenvalue weighted by atomic mass is 10.4. The zero-order valence-electron chi connectivity index (χ0n) is 6.70. The van der Waals surface area contributed by atoms with Crippen molar-refractivity contribution in [2.75, 3.05) is 6.54 Å². The summed E-state index contributed by atoms with van der Waals surface area (Å²) in [5, 5.41) is 11.3. The Hall–Kier alpha value is -1.47. The maximum Gasteiger partial charge on any atom is 0.115 e. The van der Waals surface area contributed by atoms with Gasteiger partial charge in [-0.3, -0.25) is 0 Å². The Morgan fingerprint density at radius 3 is 3.17 bits per heavy atom. The first kappa shape index (κ1) is 8.62. The Balaban J connectivity index is 2.21. The van der Waals surface area contributed by atoms with Crippen LogP contribution in [0.5, 0.6) is 0 Å². The molecular formula is C8H10N4. The van der Waals surface area contributed by atoms with E-state index in [4.69, 9.17) is 5.26 Å². The third-order valence-corrected chi connectivity index (χ3v) is 1.36. The van der Waals surface area contributed by atoms with E-state index < -0.39 is 0 Å². The zero-order chi connectivity index (χ0) is 8.65. The first-order valence-corrected chi connectivity index (χ1v) is 3.76. The molecule has 0 aliphatic carbocycles. The smallest absolute Gasteiger partial charge is 0.115 e. The minimum Gasteiger partial charge on any atom is -0.310 e. The lowest BCUT2D eigenvalue weighted by Crippen LogP contribution is -2.14. The van der Waals surface area contributed by atoms with Gasteiger partial charge in [0, 0.05) is 25.7 Å². The number of rotatable bonds is 4. The molecule has 1 rings (SSSR count). The quantitative estimate of drug-likeness (QED) is 0.654.